The van der Waals surface area contributed by atoms with Crippen molar-refractivity contribution in [2.24, 2.45) is 0 Å². The average molecular weight is 430 g/mol. The topological polar surface area (TPSA) is 40.5 Å². The number of benzene rings is 5. The largest absolute Gasteiger partial charge is 0.372 e. The number of rotatable bonds is 3. The number of carbonyl (C=O) groups is 1. The van der Waals surface area contributed by atoms with Crippen LogP contribution < -0.4 is 4.90 Å². The molecule has 0 spiro atoms. The molecule has 0 saturated heterocycles. The van der Waals surface area contributed by atoms with Crippen LogP contribution in [0.3, 0.4) is 0 Å². The van der Waals surface area contributed by atoms with E-state index in [0.717, 1.165) is 38.4 Å². The third-order valence-corrected chi connectivity index (χ3v) is 6.84. The lowest BCUT2D eigenvalue weighted by Gasteiger charge is -2.25. The van der Waals surface area contributed by atoms with E-state index in [2.05, 4.69) is 30.3 Å². The van der Waals surface area contributed by atoms with Crippen LogP contribution in [0.2, 0.25) is 0 Å². The van der Waals surface area contributed by atoms with Crippen molar-refractivity contribution in [1.82, 2.24) is 0 Å². The summed E-state index contributed by atoms with van der Waals surface area (Å²) in [6, 6.07) is 33.8. The lowest BCUT2D eigenvalue weighted by atomic mass is 9.87. The summed E-state index contributed by atoms with van der Waals surface area (Å²) in [6.45, 7) is 2.38. The number of hydrogen-bond donors (Lipinski definition) is 1. The van der Waals surface area contributed by atoms with Crippen molar-refractivity contribution < 1.29 is 9.90 Å². The van der Waals surface area contributed by atoms with Crippen LogP contribution in [0.1, 0.15) is 22.3 Å². The predicted molar refractivity (Wildman–Crippen MR) is 133 cm³/mol. The van der Waals surface area contributed by atoms with Gasteiger partial charge in [0.25, 0.3) is 5.91 Å². The summed E-state index contributed by atoms with van der Waals surface area (Å²) in [5.41, 5.74) is 2.38. The maximum absolute atomic E-state index is 14.0. The molecule has 0 unspecified atom stereocenters. The van der Waals surface area contributed by atoms with Crippen LogP contribution in [0.5, 0.6) is 0 Å². The molecule has 0 aliphatic carbocycles. The number of hydrogen-bond acceptors (Lipinski definition) is 2. The average Bonchev–Trinajstić information content (AvgIpc) is 3.08. The number of aryl methyl sites for hydroxylation is 1. The molecule has 1 N–H and O–H groups in total. The van der Waals surface area contributed by atoms with E-state index >= 15 is 0 Å². The molecule has 0 saturated carbocycles. The highest BCUT2D eigenvalue weighted by molar-refractivity contribution is 6.11. The zero-order valence-electron chi connectivity index (χ0n) is 18.3. The molecule has 33 heavy (non-hydrogen) atoms. The maximum Gasteiger partial charge on any atom is 0.268 e. The first-order valence-electron chi connectivity index (χ1n) is 11.2. The minimum atomic E-state index is -1.71. The molecule has 1 heterocycles. The zero-order chi connectivity index (χ0) is 22.6. The number of carbonyl (C=O) groups excluding carboxylic acids is 1. The molecule has 5 aromatic carbocycles. The summed E-state index contributed by atoms with van der Waals surface area (Å²) in [7, 11) is 0. The molecular formula is C30H23NO2. The Morgan fingerprint density at radius 1 is 0.758 bits per heavy atom. The standard InChI is InChI=1S/C30H23NO2/c1-20-10-9-17-27-28(20)31(29(32)30(27,33)23-13-3-2-4-14-23)19-26-24-15-7-5-11-21(24)18-22-12-6-8-16-25(22)26/h2-18,33H,19H2,1H3/t30-/m1/s1. The van der Waals surface area contributed by atoms with Crippen molar-refractivity contribution in [2.75, 3.05) is 4.90 Å². The molecule has 5 aromatic rings. The number of amides is 1. The van der Waals surface area contributed by atoms with Gasteiger partial charge in [0.05, 0.1) is 12.2 Å². The van der Waals surface area contributed by atoms with Gasteiger partial charge in [-0.25, -0.2) is 0 Å². The molecular weight excluding hydrogens is 406 g/mol. The van der Waals surface area contributed by atoms with Crippen LogP contribution >= 0.6 is 0 Å². The molecule has 1 aliphatic heterocycles. The summed E-state index contributed by atoms with van der Waals surface area (Å²) < 4.78 is 0. The summed E-state index contributed by atoms with van der Waals surface area (Å²) in [4.78, 5) is 15.8. The summed E-state index contributed by atoms with van der Waals surface area (Å²) in [5, 5.41) is 16.4. The van der Waals surface area contributed by atoms with Gasteiger partial charge in [0, 0.05) is 5.56 Å². The number of fused-ring (bicyclic) bond motifs is 3. The van der Waals surface area contributed by atoms with Crippen LogP contribution in [-0.2, 0) is 16.9 Å². The van der Waals surface area contributed by atoms with Gasteiger partial charge in [-0.2, -0.15) is 0 Å². The number of nitrogens with zero attached hydrogens (tertiary/aromatic N) is 1. The smallest absolute Gasteiger partial charge is 0.268 e. The monoisotopic (exact) mass is 429 g/mol. The fourth-order valence-electron chi connectivity index (χ4n) is 5.27. The second kappa shape index (κ2) is 7.29. The second-order valence-corrected chi connectivity index (χ2v) is 8.74. The molecule has 6 rings (SSSR count). The molecule has 0 bridgehead atoms. The van der Waals surface area contributed by atoms with E-state index in [1.165, 1.54) is 0 Å². The number of aliphatic hydroxyl groups is 1. The van der Waals surface area contributed by atoms with Crippen molar-refractivity contribution >= 4 is 33.1 Å². The Morgan fingerprint density at radius 3 is 2.03 bits per heavy atom. The van der Waals surface area contributed by atoms with Gasteiger partial charge in [-0.3, -0.25) is 4.79 Å². The van der Waals surface area contributed by atoms with Crippen LogP contribution in [0.25, 0.3) is 21.5 Å². The first-order valence-corrected chi connectivity index (χ1v) is 11.2. The summed E-state index contributed by atoms with van der Waals surface area (Å²) in [5.74, 6) is -0.310. The zero-order valence-corrected chi connectivity index (χ0v) is 18.3. The van der Waals surface area contributed by atoms with E-state index < -0.39 is 5.60 Å². The highest BCUT2D eigenvalue weighted by Gasteiger charge is 2.51. The molecule has 0 radical (unpaired) electrons. The lowest BCUT2D eigenvalue weighted by Crippen LogP contribution is -2.41. The van der Waals surface area contributed by atoms with Crippen LogP contribution in [-0.4, -0.2) is 11.0 Å². The van der Waals surface area contributed by atoms with E-state index in [0.29, 0.717) is 17.7 Å². The van der Waals surface area contributed by atoms with Gasteiger partial charge in [-0.1, -0.05) is 97.1 Å². The molecule has 3 nitrogen and oxygen atoms in total. The maximum atomic E-state index is 14.0. The van der Waals surface area contributed by atoms with Gasteiger partial charge in [0.1, 0.15) is 0 Å². The predicted octanol–water partition coefficient (Wildman–Crippen LogP) is 6.08. The Labute approximate surface area is 192 Å². The molecule has 1 aliphatic rings. The van der Waals surface area contributed by atoms with Gasteiger partial charge in [0.15, 0.2) is 5.60 Å². The lowest BCUT2D eigenvalue weighted by molar-refractivity contribution is -0.132. The first-order chi connectivity index (χ1) is 16.1. The molecule has 1 amide bonds. The first kappa shape index (κ1) is 19.7. The quantitative estimate of drug-likeness (QED) is 0.353. The van der Waals surface area contributed by atoms with Crippen molar-refractivity contribution in [2.45, 2.75) is 19.1 Å². The molecule has 0 aromatic heterocycles. The minimum Gasteiger partial charge on any atom is -0.372 e. The fraction of sp³-hybridized carbons (Fsp3) is 0.100. The fourth-order valence-corrected chi connectivity index (χ4v) is 5.27. The Hall–Kier alpha value is -3.95. The Morgan fingerprint density at radius 2 is 1.36 bits per heavy atom. The summed E-state index contributed by atoms with van der Waals surface area (Å²) >= 11 is 0. The van der Waals surface area contributed by atoms with E-state index in [1.807, 2.05) is 79.7 Å². The van der Waals surface area contributed by atoms with E-state index in [-0.39, 0.29) is 5.91 Å². The van der Waals surface area contributed by atoms with Gasteiger partial charge in [-0.15, -0.1) is 0 Å². The molecule has 160 valence electrons. The minimum absolute atomic E-state index is 0.310. The normalized spacial score (nSPS) is 17.6. The van der Waals surface area contributed by atoms with Gasteiger partial charge in [0.2, 0.25) is 0 Å². The van der Waals surface area contributed by atoms with Gasteiger partial charge < -0.3 is 10.0 Å². The van der Waals surface area contributed by atoms with E-state index in [9.17, 15) is 9.90 Å². The van der Waals surface area contributed by atoms with Gasteiger partial charge >= 0.3 is 0 Å². The third kappa shape index (κ3) is 2.83. The molecule has 0 fully saturated rings. The highest BCUT2D eigenvalue weighted by atomic mass is 16.3. The number of para-hydroxylation sites is 1. The Balaban J connectivity index is 1.59. The van der Waals surface area contributed by atoms with Gasteiger partial charge in [-0.05, 0) is 51.2 Å². The van der Waals surface area contributed by atoms with Crippen molar-refractivity contribution in [3.63, 3.8) is 0 Å². The van der Waals surface area contributed by atoms with E-state index in [4.69, 9.17) is 0 Å². The van der Waals surface area contributed by atoms with Crippen molar-refractivity contribution in [1.29, 1.82) is 0 Å². The second-order valence-electron chi connectivity index (χ2n) is 8.74. The van der Waals surface area contributed by atoms with Crippen molar-refractivity contribution in [3.05, 3.63) is 125 Å². The van der Waals surface area contributed by atoms with Crippen molar-refractivity contribution in [3.8, 4) is 0 Å². The Kier molecular flexibility index (Phi) is 4.36. The van der Waals surface area contributed by atoms with Crippen LogP contribution in [0.4, 0.5) is 5.69 Å². The highest BCUT2D eigenvalue weighted by Crippen LogP contribution is 2.47. The van der Waals surface area contributed by atoms with E-state index in [1.54, 1.807) is 4.90 Å². The van der Waals surface area contributed by atoms with Crippen LogP contribution in [0, 0.1) is 6.92 Å². The molecule has 3 heteroatoms. The summed E-state index contributed by atoms with van der Waals surface area (Å²) in [6.07, 6.45) is 0. The SMILES string of the molecule is Cc1cccc2c1N(Cc1c3ccccc3cc3ccccc13)C(=O)[C@@]2(O)c1ccccc1. The molecule has 1 atom stereocenters. The third-order valence-electron chi connectivity index (χ3n) is 6.84. The van der Waals surface area contributed by atoms with Crippen LogP contribution in [0.15, 0.2) is 103 Å². The Bertz CT molecular complexity index is 1490. The number of anilines is 1.